The van der Waals surface area contributed by atoms with Crippen LogP contribution in [0.4, 0.5) is 5.69 Å². The van der Waals surface area contributed by atoms with E-state index in [4.69, 9.17) is 16.3 Å². The summed E-state index contributed by atoms with van der Waals surface area (Å²) >= 11 is 7.15. The molecule has 5 nitrogen and oxygen atoms in total. The Kier molecular flexibility index (Phi) is 8.45. The van der Waals surface area contributed by atoms with E-state index in [1.807, 2.05) is 20.8 Å². The first-order valence-electron chi connectivity index (χ1n) is 8.02. The van der Waals surface area contributed by atoms with E-state index in [0.29, 0.717) is 16.3 Å². The van der Waals surface area contributed by atoms with Crippen LogP contribution in [0.2, 0.25) is 5.02 Å². The number of carbonyl (C=O) groups is 3. The number of halogens is 1. The molecule has 0 aliphatic heterocycles. The lowest BCUT2D eigenvalue weighted by Gasteiger charge is -2.25. The fourth-order valence-corrected chi connectivity index (χ4v) is 3.26. The molecule has 0 saturated heterocycles. The standard InChI is InChI=1S/C18H24ClNO4S/c1-6-11(2)18(23)25-10-15(21)20(9-16(22)24-5)17-12(3)7-8-14(19)13(17)4/h7-8,11H,6,9-10H2,1-5H3. The summed E-state index contributed by atoms with van der Waals surface area (Å²) in [6, 6.07) is 3.54. The van der Waals surface area contributed by atoms with Gasteiger partial charge in [-0.3, -0.25) is 19.3 Å². The Balaban J connectivity index is 3.09. The van der Waals surface area contributed by atoms with E-state index >= 15 is 0 Å². The van der Waals surface area contributed by atoms with E-state index in [0.717, 1.165) is 23.7 Å². The van der Waals surface area contributed by atoms with Gasteiger partial charge in [-0.2, -0.15) is 0 Å². The Hall–Kier alpha value is -1.53. The molecular weight excluding hydrogens is 362 g/mol. The molecule has 1 aromatic carbocycles. The predicted octanol–water partition coefficient (Wildman–Crippen LogP) is 3.77. The smallest absolute Gasteiger partial charge is 0.325 e. The predicted molar refractivity (Wildman–Crippen MR) is 102 cm³/mol. The minimum Gasteiger partial charge on any atom is -0.468 e. The maximum absolute atomic E-state index is 12.7. The van der Waals surface area contributed by atoms with Gasteiger partial charge in [-0.25, -0.2) is 0 Å². The number of hydrogen-bond acceptors (Lipinski definition) is 5. The number of carbonyl (C=O) groups excluding carboxylic acids is 3. The highest BCUT2D eigenvalue weighted by molar-refractivity contribution is 8.14. The van der Waals surface area contributed by atoms with Crippen molar-refractivity contribution < 1.29 is 19.1 Å². The van der Waals surface area contributed by atoms with Crippen LogP contribution in [0.25, 0.3) is 0 Å². The summed E-state index contributed by atoms with van der Waals surface area (Å²) in [4.78, 5) is 37.8. The van der Waals surface area contributed by atoms with E-state index in [1.54, 1.807) is 19.1 Å². The summed E-state index contributed by atoms with van der Waals surface area (Å²) in [5.74, 6) is -1.02. The van der Waals surface area contributed by atoms with Gasteiger partial charge < -0.3 is 4.74 Å². The number of nitrogens with zero attached hydrogens (tertiary/aromatic N) is 1. The van der Waals surface area contributed by atoms with Crippen molar-refractivity contribution in [3.8, 4) is 0 Å². The first kappa shape index (κ1) is 21.5. The molecule has 7 heteroatoms. The van der Waals surface area contributed by atoms with Gasteiger partial charge in [-0.1, -0.05) is 43.3 Å². The van der Waals surface area contributed by atoms with E-state index in [1.165, 1.54) is 12.0 Å². The van der Waals surface area contributed by atoms with Crippen molar-refractivity contribution in [1.29, 1.82) is 0 Å². The molecule has 25 heavy (non-hydrogen) atoms. The van der Waals surface area contributed by atoms with Gasteiger partial charge in [0.15, 0.2) is 5.12 Å². The Morgan fingerprint density at radius 1 is 1.28 bits per heavy atom. The van der Waals surface area contributed by atoms with Gasteiger partial charge in [-0.15, -0.1) is 0 Å². The van der Waals surface area contributed by atoms with Gasteiger partial charge >= 0.3 is 5.97 Å². The van der Waals surface area contributed by atoms with Gasteiger partial charge in [-0.05, 0) is 37.5 Å². The summed E-state index contributed by atoms with van der Waals surface area (Å²) in [6.07, 6.45) is 0.721. The molecule has 0 aliphatic carbocycles. The monoisotopic (exact) mass is 385 g/mol. The van der Waals surface area contributed by atoms with Crippen molar-refractivity contribution >= 4 is 46.0 Å². The molecule has 0 saturated carbocycles. The minimum atomic E-state index is -0.537. The molecule has 1 rings (SSSR count). The highest BCUT2D eigenvalue weighted by atomic mass is 35.5. The summed E-state index contributed by atoms with van der Waals surface area (Å²) in [5, 5.41) is 0.472. The zero-order chi connectivity index (χ0) is 19.1. The van der Waals surface area contributed by atoms with Crippen molar-refractivity contribution in [3.63, 3.8) is 0 Å². The fraction of sp³-hybridized carbons (Fsp3) is 0.500. The van der Waals surface area contributed by atoms with Crippen LogP contribution >= 0.6 is 23.4 Å². The van der Waals surface area contributed by atoms with E-state index in [9.17, 15) is 14.4 Å². The fourth-order valence-electron chi connectivity index (χ4n) is 2.23. The van der Waals surface area contributed by atoms with Crippen molar-refractivity contribution in [2.75, 3.05) is 24.3 Å². The van der Waals surface area contributed by atoms with Gasteiger partial charge in [0.25, 0.3) is 0 Å². The average Bonchev–Trinajstić information content (AvgIpc) is 2.60. The number of ether oxygens (including phenoxy) is 1. The van der Waals surface area contributed by atoms with Crippen molar-refractivity contribution in [2.45, 2.75) is 34.1 Å². The molecule has 0 aliphatic rings. The molecule has 1 atom stereocenters. The lowest BCUT2D eigenvalue weighted by molar-refractivity contribution is -0.139. The second-order valence-corrected chi connectivity index (χ2v) is 7.20. The molecule has 0 N–H and O–H groups in total. The second kappa shape index (κ2) is 9.82. The van der Waals surface area contributed by atoms with Gasteiger partial charge in [0.1, 0.15) is 6.54 Å². The molecule has 0 spiro atoms. The highest BCUT2D eigenvalue weighted by Crippen LogP contribution is 2.31. The van der Waals surface area contributed by atoms with Crippen LogP contribution in [0, 0.1) is 19.8 Å². The molecule has 0 aromatic heterocycles. The highest BCUT2D eigenvalue weighted by Gasteiger charge is 2.25. The first-order chi connectivity index (χ1) is 11.7. The number of esters is 1. The van der Waals surface area contributed by atoms with Gasteiger partial charge in [0, 0.05) is 10.9 Å². The molecule has 0 bridgehead atoms. The lowest BCUT2D eigenvalue weighted by Crippen LogP contribution is -2.38. The van der Waals surface area contributed by atoms with Crippen LogP contribution in [0.15, 0.2) is 12.1 Å². The summed E-state index contributed by atoms with van der Waals surface area (Å²) < 4.78 is 4.70. The quantitative estimate of drug-likeness (QED) is 0.668. The Bertz CT molecular complexity index is 663. The number of thioether (sulfide) groups is 1. The van der Waals surface area contributed by atoms with Gasteiger partial charge in [0.05, 0.1) is 18.6 Å². The van der Waals surface area contributed by atoms with Crippen molar-refractivity contribution in [2.24, 2.45) is 5.92 Å². The van der Waals surface area contributed by atoms with E-state index < -0.39 is 5.97 Å². The lowest BCUT2D eigenvalue weighted by atomic mass is 10.1. The third-order valence-corrected chi connectivity index (χ3v) is 5.49. The maximum Gasteiger partial charge on any atom is 0.325 e. The van der Waals surface area contributed by atoms with Crippen molar-refractivity contribution in [3.05, 3.63) is 28.3 Å². The molecule has 1 aromatic rings. The number of aryl methyl sites for hydroxylation is 1. The van der Waals surface area contributed by atoms with Crippen molar-refractivity contribution in [1.82, 2.24) is 0 Å². The minimum absolute atomic E-state index is 0.0339. The van der Waals surface area contributed by atoms with Crippen LogP contribution < -0.4 is 4.90 Å². The SMILES string of the molecule is CCC(C)C(=O)SCC(=O)N(CC(=O)OC)c1c(C)ccc(Cl)c1C. The number of amides is 1. The van der Waals surface area contributed by atoms with E-state index in [-0.39, 0.29) is 29.2 Å². The topological polar surface area (TPSA) is 63.7 Å². The van der Waals surface area contributed by atoms with Gasteiger partial charge in [0.2, 0.25) is 5.91 Å². The molecule has 1 amide bonds. The molecule has 0 radical (unpaired) electrons. The largest absolute Gasteiger partial charge is 0.468 e. The molecule has 0 fully saturated rings. The number of anilines is 1. The molecular formula is C18H24ClNO4S. The third kappa shape index (κ3) is 5.75. The number of methoxy groups -OCH3 is 1. The maximum atomic E-state index is 12.7. The second-order valence-electron chi connectivity index (χ2n) is 5.81. The third-order valence-electron chi connectivity index (χ3n) is 4.01. The van der Waals surface area contributed by atoms with Crippen LogP contribution in [-0.2, 0) is 19.1 Å². The Morgan fingerprint density at radius 3 is 2.48 bits per heavy atom. The van der Waals surface area contributed by atoms with Crippen LogP contribution in [0.5, 0.6) is 0 Å². The van der Waals surface area contributed by atoms with Crippen LogP contribution in [-0.4, -0.2) is 36.4 Å². The summed E-state index contributed by atoms with van der Waals surface area (Å²) in [7, 11) is 1.27. The normalized spacial score (nSPS) is 11.8. The molecule has 0 heterocycles. The Morgan fingerprint density at radius 2 is 1.92 bits per heavy atom. The number of hydrogen-bond donors (Lipinski definition) is 0. The zero-order valence-electron chi connectivity index (χ0n) is 15.2. The number of benzene rings is 1. The molecule has 138 valence electrons. The first-order valence-corrected chi connectivity index (χ1v) is 9.38. The average molecular weight is 386 g/mol. The molecule has 1 unspecified atom stereocenters. The zero-order valence-corrected chi connectivity index (χ0v) is 16.8. The van der Waals surface area contributed by atoms with E-state index in [2.05, 4.69) is 0 Å². The summed E-state index contributed by atoms with van der Waals surface area (Å²) in [6.45, 7) is 7.16. The van der Waals surface area contributed by atoms with Crippen LogP contribution in [0.3, 0.4) is 0 Å². The van der Waals surface area contributed by atoms with Crippen LogP contribution in [0.1, 0.15) is 31.4 Å². The summed E-state index contributed by atoms with van der Waals surface area (Å²) in [5.41, 5.74) is 2.11. The number of rotatable bonds is 7. The Labute approximate surface area is 158 Å².